The van der Waals surface area contributed by atoms with Gasteiger partial charge in [0.05, 0.1) is 14.2 Å². The van der Waals surface area contributed by atoms with Crippen LogP contribution in [-0.4, -0.2) is 73.3 Å². The summed E-state index contributed by atoms with van der Waals surface area (Å²) < 4.78 is 45.9. The van der Waals surface area contributed by atoms with Crippen molar-refractivity contribution in [3.05, 3.63) is 23.8 Å². The molecular weight excluding hydrogens is 535 g/mol. The van der Waals surface area contributed by atoms with Crippen molar-refractivity contribution in [2.45, 2.75) is 82.2 Å². The molecule has 3 unspecified atom stereocenters. The predicted molar refractivity (Wildman–Crippen MR) is 146 cm³/mol. The lowest BCUT2D eigenvalue weighted by molar-refractivity contribution is -0.192. The molecule has 0 spiro atoms. The molecular formula is C27H42F3N3O5S. The summed E-state index contributed by atoms with van der Waals surface area (Å²) >= 11 is 1.61. The summed E-state index contributed by atoms with van der Waals surface area (Å²) in [4.78, 5) is 23.7. The first kappa shape index (κ1) is 32.9. The normalized spacial score (nSPS) is 22.9. The lowest BCUT2D eigenvalue weighted by Crippen LogP contribution is -2.49. The molecule has 1 heterocycles. The van der Waals surface area contributed by atoms with Crippen molar-refractivity contribution in [3.8, 4) is 11.5 Å². The minimum absolute atomic E-state index is 0.0642. The van der Waals surface area contributed by atoms with E-state index in [-0.39, 0.29) is 11.4 Å². The fourth-order valence-electron chi connectivity index (χ4n) is 5.44. The zero-order chi connectivity index (χ0) is 29.2. The molecule has 1 aromatic rings. The number of fused-ring (bicyclic) bond motifs is 1. The number of amides is 2. The number of nitrogens with one attached hydrogen (secondary N) is 2. The molecule has 0 aromatic heterocycles. The van der Waals surface area contributed by atoms with Crippen molar-refractivity contribution in [2.75, 3.05) is 33.9 Å². The second-order valence-corrected chi connectivity index (χ2v) is 11.5. The number of rotatable bonds is 10. The van der Waals surface area contributed by atoms with Crippen molar-refractivity contribution in [1.29, 1.82) is 0 Å². The van der Waals surface area contributed by atoms with Crippen molar-refractivity contribution < 1.29 is 37.3 Å². The average molecular weight is 578 g/mol. The Kier molecular flexibility index (Phi) is 12.5. The Balaban J connectivity index is 0.000000673. The SMILES string of the molecule is CCCCNC(=O)NSC1CCC2(c3ccc(OC)c(OC)c3)CCN(CC(C)C)C2C1.O=C(O)C(F)(F)F. The quantitative estimate of drug-likeness (QED) is 0.246. The van der Waals surface area contributed by atoms with Gasteiger partial charge < -0.3 is 19.9 Å². The van der Waals surface area contributed by atoms with E-state index in [1.54, 1.807) is 26.2 Å². The molecule has 0 bridgehead atoms. The monoisotopic (exact) mass is 577 g/mol. The van der Waals surface area contributed by atoms with Crippen LogP contribution in [0.1, 0.15) is 64.9 Å². The number of unbranched alkanes of at least 4 members (excludes halogenated alkanes) is 1. The number of alkyl halides is 3. The van der Waals surface area contributed by atoms with Crippen LogP contribution in [-0.2, 0) is 10.2 Å². The predicted octanol–water partition coefficient (Wildman–Crippen LogP) is 5.61. The summed E-state index contributed by atoms with van der Waals surface area (Å²) in [6, 6.07) is 6.89. The molecule has 1 aromatic carbocycles. The van der Waals surface area contributed by atoms with Gasteiger partial charge in [0.15, 0.2) is 11.5 Å². The van der Waals surface area contributed by atoms with Crippen LogP contribution in [0, 0.1) is 5.92 Å². The van der Waals surface area contributed by atoms with Crippen LogP contribution in [0.4, 0.5) is 18.0 Å². The minimum Gasteiger partial charge on any atom is -0.493 e. The molecule has 1 saturated carbocycles. The van der Waals surface area contributed by atoms with Gasteiger partial charge in [-0.2, -0.15) is 13.2 Å². The molecule has 2 fully saturated rings. The number of nitrogens with zero attached hydrogens (tertiary/aromatic N) is 1. The average Bonchev–Trinajstić information content (AvgIpc) is 3.25. The highest BCUT2D eigenvalue weighted by Crippen LogP contribution is 2.52. The molecule has 12 heteroatoms. The van der Waals surface area contributed by atoms with Gasteiger partial charge in [0.1, 0.15) is 0 Å². The Bertz CT molecular complexity index is 950. The maximum atomic E-state index is 12.1. The van der Waals surface area contributed by atoms with Crippen molar-refractivity contribution >= 4 is 23.9 Å². The van der Waals surface area contributed by atoms with Crippen LogP contribution in [0.3, 0.4) is 0 Å². The molecule has 1 saturated heterocycles. The molecule has 0 radical (unpaired) electrons. The molecule has 8 nitrogen and oxygen atoms in total. The summed E-state index contributed by atoms with van der Waals surface area (Å²) in [5.74, 6) is -0.537. The van der Waals surface area contributed by atoms with Gasteiger partial charge in [-0.05, 0) is 74.2 Å². The zero-order valence-corrected chi connectivity index (χ0v) is 24.2. The van der Waals surface area contributed by atoms with E-state index in [1.165, 1.54) is 12.0 Å². The number of carboxylic acid groups (broad SMARTS) is 1. The number of carbonyl (C=O) groups is 2. The summed E-state index contributed by atoms with van der Waals surface area (Å²) in [5, 5.41) is 10.5. The molecule has 1 aliphatic heterocycles. The van der Waals surface area contributed by atoms with E-state index < -0.39 is 12.1 Å². The van der Waals surface area contributed by atoms with E-state index >= 15 is 0 Å². The standard InChI is InChI=1S/C25H41N3O3S.C2HF3O2/c1-6-7-13-26-24(29)27-32-20-10-11-25(12-14-28(17-18(2)3)23(25)16-20)19-8-9-21(30-4)22(15-19)31-5;3-2(4,5)1(6)7/h8-9,15,18,20,23H,6-7,10-14,16-17H2,1-5H3,(H2,26,27,29);(H,6,7). The number of hydrogen-bond acceptors (Lipinski definition) is 6. The number of carboxylic acids is 1. The fourth-order valence-corrected chi connectivity index (χ4v) is 6.30. The lowest BCUT2D eigenvalue weighted by Gasteiger charge is -2.45. The van der Waals surface area contributed by atoms with Crippen molar-refractivity contribution in [3.63, 3.8) is 0 Å². The van der Waals surface area contributed by atoms with Crippen LogP contribution < -0.4 is 19.5 Å². The van der Waals surface area contributed by atoms with Crippen LogP contribution >= 0.6 is 11.9 Å². The number of carbonyl (C=O) groups excluding carboxylic acids is 1. The summed E-state index contributed by atoms with van der Waals surface area (Å²) in [6.07, 6.45) is 1.49. The third-order valence-electron chi connectivity index (χ3n) is 7.26. The number of hydrogen-bond donors (Lipinski definition) is 3. The number of ether oxygens (including phenoxy) is 2. The molecule has 39 heavy (non-hydrogen) atoms. The highest BCUT2D eigenvalue weighted by atomic mass is 32.2. The first-order valence-corrected chi connectivity index (χ1v) is 14.2. The van der Waals surface area contributed by atoms with E-state index in [0.29, 0.717) is 17.2 Å². The van der Waals surface area contributed by atoms with E-state index in [2.05, 4.69) is 47.8 Å². The Morgan fingerprint density at radius 1 is 1.21 bits per heavy atom. The first-order valence-electron chi connectivity index (χ1n) is 13.3. The fraction of sp³-hybridized carbons (Fsp3) is 0.704. The minimum atomic E-state index is -5.08. The molecule has 2 aliphatic rings. The third-order valence-corrected chi connectivity index (χ3v) is 8.32. The van der Waals surface area contributed by atoms with E-state index in [0.717, 1.165) is 63.2 Å². The topological polar surface area (TPSA) is 100 Å². The summed E-state index contributed by atoms with van der Waals surface area (Å²) in [7, 11) is 3.40. The number of likely N-dealkylation sites (tertiary alicyclic amines) is 1. The molecule has 3 atom stereocenters. The molecule has 2 amide bonds. The molecule has 222 valence electrons. The third kappa shape index (κ3) is 9.09. The van der Waals surface area contributed by atoms with Crippen molar-refractivity contribution in [1.82, 2.24) is 14.9 Å². The molecule has 3 N–H and O–H groups in total. The Morgan fingerprint density at radius 3 is 2.44 bits per heavy atom. The van der Waals surface area contributed by atoms with Gasteiger partial charge in [-0.15, -0.1) is 0 Å². The van der Waals surface area contributed by atoms with Gasteiger partial charge in [-0.3, -0.25) is 9.62 Å². The maximum absolute atomic E-state index is 12.1. The highest BCUT2D eigenvalue weighted by Gasteiger charge is 2.51. The van der Waals surface area contributed by atoms with Crippen molar-refractivity contribution in [2.24, 2.45) is 5.92 Å². The largest absolute Gasteiger partial charge is 0.493 e. The van der Waals surface area contributed by atoms with E-state index in [4.69, 9.17) is 19.4 Å². The van der Waals surface area contributed by atoms with Gasteiger partial charge in [0, 0.05) is 29.8 Å². The second-order valence-electron chi connectivity index (χ2n) is 10.4. The second kappa shape index (κ2) is 14.9. The zero-order valence-electron chi connectivity index (χ0n) is 23.4. The smallest absolute Gasteiger partial charge is 0.490 e. The molecule has 3 rings (SSSR count). The van der Waals surface area contributed by atoms with Crippen LogP contribution in [0.5, 0.6) is 11.5 Å². The Morgan fingerprint density at radius 2 is 1.87 bits per heavy atom. The van der Waals surface area contributed by atoms with Gasteiger partial charge >= 0.3 is 18.2 Å². The number of halogens is 3. The van der Waals surface area contributed by atoms with Gasteiger partial charge in [-0.25, -0.2) is 9.59 Å². The molecule has 1 aliphatic carbocycles. The number of methoxy groups -OCH3 is 2. The first-order chi connectivity index (χ1) is 18.4. The maximum Gasteiger partial charge on any atom is 0.490 e. The van der Waals surface area contributed by atoms with E-state index in [1.807, 2.05) is 6.07 Å². The summed E-state index contributed by atoms with van der Waals surface area (Å²) in [6.45, 7) is 9.70. The van der Waals surface area contributed by atoms with Crippen LogP contribution in [0.15, 0.2) is 18.2 Å². The van der Waals surface area contributed by atoms with Gasteiger partial charge in [-0.1, -0.05) is 33.3 Å². The number of urea groups is 1. The Hall–Kier alpha value is -2.34. The van der Waals surface area contributed by atoms with Crippen LogP contribution in [0.2, 0.25) is 0 Å². The summed E-state index contributed by atoms with van der Waals surface area (Å²) in [5.41, 5.74) is 1.50. The lowest BCUT2D eigenvalue weighted by atomic mass is 9.66. The van der Waals surface area contributed by atoms with Gasteiger partial charge in [0.25, 0.3) is 0 Å². The van der Waals surface area contributed by atoms with Crippen LogP contribution in [0.25, 0.3) is 0 Å². The Labute approximate surface area is 233 Å². The van der Waals surface area contributed by atoms with E-state index in [9.17, 15) is 18.0 Å². The number of benzene rings is 1. The highest BCUT2D eigenvalue weighted by molar-refractivity contribution is 7.98. The van der Waals surface area contributed by atoms with Gasteiger partial charge in [0.2, 0.25) is 0 Å². The number of aliphatic carboxylic acids is 1.